The molecule has 0 aliphatic rings. The highest BCUT2D eigenvalue weighted by molar-refractivity contribution is 7.87. The van der Waals surface area contributed by atoms with Gasteiger partial charge in [-0.2, -0.15) is 0 Å². The van der Waals surface area contributed by atoms with Crippen molar-refractivity contribution in [2.75, 3.05) is 40.6 Å². The van der Waals surface area contributed by atoms with Crippen LogP contribution in [0.3, 0.4) is 0 Å². The molecule has 0 saturated heterocycles. The molecule has 0 rings (SSSR count). The van der Waals surface area contributed by atoms with Crippen molar-refractivity contribution >= 4 is 11.5 Å². The fourth-order valence-corrected chi connectivity index (χ4v) is 2.32. The monoisotopic (exact) mass is 236 g/mol. The molecule has 0 aromatic rings. The topological polar surface area (TPSA) is 21.7 Å². The van der Waals surface area contributed by atoms with Crippen molar-refractivity contribution < 1.29 is 8.37 Å². The Morgan fingerprint density at radius 1 is 0.867 bits per heavy atom. The van der Waals surface area contributed by atoms with Crippen molar-refractivity contribution in [3.8, 4) is 0 Å². The van der Waals surface area contributed by atoms with Gasteiger partial charge in [-0.25, -0.2) is 0 Å². The molecule has 0 radical (unpaired) electrons. The van der Waals surface area contributed by atoms with Crippen molar-refractivity contribution in [2.24, 2.45) is 0 Å². The van der Waals surface area contributed by atoms with Gasteiger partial charge in [-0.05, 0) is 39.9 Å². The first-order valence-electron chi connectivity index (χ1n) is 5.65. The normalized spacial score (nSPS) is 11.6. The SMILES string of the molecule is CO[S+](CCCCCCCN(C)C)OC. The van der Waals surface area contributed by atoms with E-state index in [1.54, 1.807) is 14.2 Å². The zero-order valence-corrected chi connectivity index (χ0v) is 11.4. The molecule has 0 heterocycles. The summed E-state index contributed by atoms with van der Waals surface area (Å²) in [5.41, 5.74) is 0. The Morgan fingerprint density at radius 3 is 1.93 bits per heavy atom. The molecule has 0 aliphatic carbocycles. The molecule has 0 bridgehead atoms. The zero-order valence-electron chi connectivity index (χ0n) is 10.6. The minimum absolute atomic E-state index is 0.261. The quantitative estimate of drug-likeness (QED) is 0.429. The maximum atomic E-state index is 5.16. The predicted molar refractivity (Wildman–Crippen MR) is 67.9 cm³/mol. The third-order valence-corrected chi connectivity index (χ3v) is 3.65. The van der Waals surface area contributed by atoms with E-state index >= 15 is 0 Å². The molecule has 0 saturated carbocycles. The van der Waals surface area contributed by atoms with Gasteiger partial charge in [-0.1, -0.05) is 12.8 Å². The third-order valence-electron chi connectivity index (χ3n) is 2.29. The summed E-state index contributed by atoms with van der Waals surface area (Å²) in [6.45, 7) is 1.21. The van der Waals surface area contributed by atoms with Gasteiger partial charge >= 0.3 is 11.5 Å². The Bertz CT molecular complexity index is 130. The first kappa shape index (κ1) is 15.2. The maximum Gasteiger partial charge on any atom is 0.314 e. The largest absolute Gasteiger partial charge is 0.314 e. The number of nitrogens with zero attached hydrogens (tertiary/aromatic N) is 1. The Morgan fingerprint density at radius 2 is 1.40 bits per heavy atom. The number of rotatable bonds is 10. The standard InChI is InChI=1S/C11H26NO2S/c1-12(2)10-8-6-5-7-9-11-15(13-3)14-4/h5-11H2,1-4H3/q+1. The molecular weight excluding hydrogens is 210 g/mol. The van der Waals surface area contributed by atoms with Gasteiger partial charge in [-0.3, -0.25) is 0 Å². The Labute approximate surface area is 97.9 Å². The second-order valence-electron chi connectivity index (χ2n) is 3.91. The summed E-state index contributed by atoms with van der Waals surface area (Å²) >= 11 is -0.261. The van der Waals surface area contributed by atoms with Crippen LogP contribution < -0.4 is 0 Å². The van der Waals surface area contributed by atoms with Crippen molar-refractivity contribution in [1.29, 1.82) is 0 Å². The van der Waals surface area contributed by atoms with Gasteiger partial charge in [0, 0.05) is 0 Å². The number of hydrogen-bond acceptors (Lipinski definition) is 3. The van der Waals surface area contributed by atoms with Crippen LogP contribution in [-0.2, 0) is 19.8 Å². The van der Waals surface area contributed by atoms with E-state index < -0.39 is 0 Å². The molecular formula is C11H26NO2S+. The summed E-state index contributed by atoms with van der Waals surface area (Å²) in [5, 5.41) is 0. The maximum absolute atomic E-state index is 5.16. The van der Waals surface area contributed by atoms with E-state index in [4.69, 9.17) is 8.37 Å². The molecule has 0 spiro atoms. The van der Waals surface area contributed by atoms with Crippen LogP contribution in [0.2, 0.25) is 0 Å². The van der Waals surface area contributed by atoms with Crippen molar-refractivity contribution in [2.45, 2.75) is 32.1 Å². The van der Waals surface area contributed by atoms with E-state index in [1.165, 1.54) is 38.6 Å². The summed E-state index contributed by atoms with van der Waals surface area (Å²) in [6, 6.07) is 0. The van der Waals surface area contributed by atoms with Crippen LogP contribution in [0.4, 0.5) is 0 Å². The summed E-state index contributed by atoms with van der Waals surface area (Å²) in [5.74, 6) is 1.04. The molecule has 0 fully saturated rings. The van der Waals surface area contributed by atoms with Crippen molar-refractivity contribution in [3.63, 3.8) is 0 Å². The van der Waals surface area contributed by atoms with Gasteiger partial charge in [0.25, 0.3) is 0 Å². The van der Waals surface area contributed by atoms with Crippen molar-refractivity contribution in [1.82, 2.24) is 4.90 Å². The second-order valence-corrected chi connectivity index (χ2v) is 5.59. The fourth-order valence-electron chi connectivity index (χ4n) is 1.41. The second kappa shape index (κ2) is 10.7. The minimum atomic E-state index is -0.261. The molecule has 15 heavy (non-hydrogen) atoms. The summed E-state index contributed by atoms with van der Waals surface area (Å²) in [4.78, 5) is 2.24. The van der Waals surface area contributed by atoms with Crippen molar-refractivity contribution in [3.05, 3.63) is 0 Å². The Hall–Kier alpha value is 0.230. The molecule has 0 amide bonds. The van der Waals surface area contributed by atoms with Gasteiger partial charge in [0.15, 0.2) is 5.75 Å². The molecule has 0 atom stereocenters. The van der Waals surface area contributed by atoms with Gasteiger partial charge in [0.1, 0.15) is 0 Å². The lowest BCUT2D eigenvalue weighted by Crippen LogP contribution is -2.12. The molecule has 0 aromatic carbocycles. The molecule has 0 unspecified atom stereocenters. The van der Waals surface area contributed by atoms with Crippen LogP contribution in [0.5, 0.6) is 0 Å². The van der Waals surface area contributed by atoms with E-state index in [-0.39, 0.29) is 11.5 Å². The lowest BCUT2D eigenvalue weighted by Gasteiger charge is -2.08. The molecule has 0 aliphatic heterocycles. The number of unbranched alkanes of at least 4 members (excludes halogenated alkanes) is 4. The highest BCUT2D eigenvalue weighted by Crippen LogP contribution is 2.07. The lowest BCUT2D eigenvalue weighted by atomic mass is 10.1. The predicted octanol–water partition coefficient (Wildman–Crippen LogP) is 2.24. The van der Waals surface area contributed by atoms with E-state index in [1.807, 2.05) is 0 Å². The third kappa shape index (κ3) is 10.5. The average Bonchev–Trinajstić information content (AvgIpc) is 2.22. The van der Waals surface area contributed by atoms with Crippen LogP contribution in [0, 0.1) is 0 Å². The Balaban J connectivity index is 3.10. The van der Waals surface area contributed by atoms with E-state index in [0.29, 0.717) is 0 Å². The fraction of sp³-hybridized carbons (Fsp3) is 1.00. The van der Waals surface area contributed by atoms with Gasteiger partial charge in [0.2, 0.25) is 0 Å². The number of hydrogen-bond donors (Lipinski definition) is 0. The minimum Gasteiger partial charge on any atom is -0.309 e. The molecule has 0 N–H and O–H groups in total. The van der Waals surface area contributed by atoms with Crippen LogP contribution in [0.1, 0.15) is 32.1 Å². The van der Waals surface area contributed by atoms with Gasteiger partial charge < -0.3 is 4.90 Å². The van der Waals surface area contributed by atoms with Crippen LogP contribution in [0.25, 0.3) is 0 Å². The van der Waals surface area contributed by atoms with Crippen LogP contribution in [0.15, 0.2) is 0 Å². The zero-order chi connectivity index (χ0) is 11.5. The van der Waals surface area contributed by atoms with Crippen LogP contribution >= 0.6 is 0 Å². The first-order valence-corrected chi connectivity index (χ1v) is 6.89. The lowest BCUT2D eigenvalue weighted by molar-refractivity contribution is 0.357. The summed E-state index contributed by atoms with van der Waals surface area (Å²) < 4.78 is 10.3. The first-order chi connectivity index (χ1) is 7.20. The summed E-state index contributed by atoms with van der Waals surface area (Å²) in [6.07, 6.45) is 6.49. The molecule has 92 valence electrons. The molecule has 3 nitrogen and oxygen atoms in total. The molecule has 4 heteroatoms. The summed E-state index contributed by atoms with van der Waals surface area (Å²) in [7, 11) is 7.68. The Kier molecular flexibility index (Phi) is 10.9. The van der Waals surface area contributed by atoms with Crippen LogP contribution in [-0.4, -0.2) is 45.5 Å². The van der Waals surface area contributed by atoms with E-state index in [2.05, 4.69) is 19.0 Å². The average molecular weight is 236 g/mol. The van der Waals surface area contributed by atoms with E-state index in [0.717, 1.165) is 5.75 Å². The smallest absolute Gasteiger partial charge is 0.309 e. The highest BCUT2D eigenvalue weighted by Gasteiger charge is 2.17. The molecule has 0 aromatic heterocycles. The highest BCUT2D eigenvalue weighted by atomic mass is 32.2. The van der Waals surface area contributed by atoms with Gasteiger partial charge in [-0.15, -0.1) is 8.37 Å². The van der Waals surface area contributed by atoms with Gasteiger partial charge in [0.05, 0.1) is 14.2 Å². The van der Waals surface area contributed by atoms with E-state index in [9.17, 15) is 0 Å².